The van der Waals surface area contributed by atoms with Gasteiger partial charge in [0.25, 0.3) is 0 Å². The number of ketones is 1. The molecule has 150 valence electrons. The second kappa shape index (κ2) is 8.67. The normalized spacial score (nSPS) is 15.9. The standard InChI is InChI=1S/C23H29NO4/c1-5-23(27,17-14-10-7-11-15-17)20(28-21(26)22(2,3)4)18(24)19(25)16-12-8-6-9-13-16/h6-15,18,20,27H,5,24H2,1-4H3. The lowest BCUT2D eigenvalue weighted by Crippen LogP contribution is -2.56. The van der Waals surface area contributed by atoms with Gasteiger partial charge in [-0.05, 0) is 32.8 Å². The van der Waals surface area contributed by atoms with E-state index in [1.54, 1.807) is 82.3 Å². The number of benzene rings is 2. The van der Waals surface area contributed by atoms with Gasteiger partial charge in [-0.15, -0.1) is 0 Å². The monoisotopic (exact) mass is 383 g/mol. The van der Waals surface area contributed by atoms with E-state index < -0.39 is 34.9 Å². The Morgan fingerprint density at radius 2 is 1.50 bits per heavy atom. The Bertz CT molecular complexity index is 798. The van der Waals surface area contributed by atoms with Crippen LogP contribution in [0.15, 0.2) is 60.7 Å². The Kier molecular flexibility index (Phi) is 6.75. The van der Waals surface area contributed by atoms with Crippen LogP contribution >= 0.6 is 0 Å². The van der Waals surface area contributed by atoms with E-state index >= 15 is 0 Å². The average molecular weight is 383 g/mol. The van der Waals surface area contributed by atoms with Crippen LogP contribution in [0, 0.1) is 5.41 Å². The number of esters is 1. The summed E-state index contributed by atoms with van der Waals surface area (Å²) in [6, 6.07) is 16.2. The number of ether oxygens (including phenoxy) is 1. The third-order valence-corrected chi connectivity index (χ3v) is 4.82. The number of rotatable bonds is 7. The van der Waals surface area contributed by atoms with Gasteiger partial charge in [-0.1, -0.05) is 67.6 Å². The molecule has 0 amide bonds. The molecular formula is C23H29NO4. The lowest BCUT2D eigenvalue weighted by molar-refractivity contribution is -0.178. The molecule has 0 aromatic heterocycles. The fourth-order valence-electron chi connectivity index (χ4n) is 2.99. The number of Topliss-reactive ketones (excluding diaryl/α,β-unsaturated/α-hetero) is 1. The number of hydrogen-bond acceptors (Lipinski definition) is 5. The molecule has 0 aliphatic rings. The quantitative estimate of drug-likeness (QED) is 0.565. The lowest BCUT2D eigenvalue weighted by atomic mass is 9.80. The van der Waals surface area contributed by atoms with Crippen molar-refractivity contribution < 1.29 is 19.4 Å². The van der Waals surface area contributed by atoms with Crippen molar-refractivity contribution in [3.63, 3.8) is 0 Å². The zero-order valence-corrected chi connectivity index (χ0v) is 16.9. The van der Waals surface area contributed by atoms with Crippen LogP contribution in [0.4, 0.5) is 0 Å². The van der Waals surface area contributed by atoms with E-state index in [1.165, 1.54) is 0 Å². The molecule has 0 fully saturated rings. The lowest BCUT2D eigenvalue weighted by Gasteiger charge is -2.39. The van der Waals surface area contributed by atoms with E-state index in [0.717, 1.165) is 0 Å². The zero-order valence-electron chi connectivity index (χ0n) is 16.9. The van der Waals surface area contributed by atoms with Crippen molar-refractivity contribution in [1.82, 2.24) is 0 Å². The van der Waals surface area contributed by atoms with Gasteiger partial charge in [0.2, 0.25) is 0 Å². The van der Waals surface area contributed by atoms with Gasteiger partial charge in [-0.2, -0.15) is 0 Å². The van der Waals surface area contributed by atoms with E-state index in [2.05, 4.69) is 0 Å². The summed E-state index contributed by atoms with van der Waals surface area (Å²) >= 11 is 0. The Morgan fingerprint density at radius 1 is 1.00 bits per heavy atom. The Morgan fingerprint density at radius 3 is 1.96 bits per heavy atom. The number of nitrogens with two attached hydrogens (primary N) is 1. The second-order valence-electron chi connectivity index (χ2n) is 7.98. The highest BCUT2D eigenvalue weighted by molar-refractivity contribution is 6.00. The average Bonchev–Trinajstić information content (AvgIpc) is 2.70. The maximum Gasteiger partial charge on any atom is 0.311 e. The molecule has 2 rings (SSSR count). The number of hydrogen-bond donors (Lipinski definition) is 2. The maximum atomic E-state index is 13.0. The zero-order chi connectivity index (χ0) is 20.9. The van der Waals surface area contributed by atoms with E-state index in [1.807, 2.05) is 6.07 Å². The molecule has 3 N–H and O–H groups in total. The fourth-order valence-corrected chi connectivity index (χ4v) is 2.99. The number of aliphatic hydroxyl groups is 1. The molecule has 0 saturated heterocycles. The van der Waals surface area contributed by atoms with Gasteiger partial charge in [0, 0.05) is 5.56 Å². The summed E-state index contributed by atoms with van der Waals surface area (Å²) in [5.41, 5.74) is 4.83. The molecule has 0 saturated carbocycles. The highest BCUT2D eigenvalue weighted by Crippen LogP contribution is 2.34. The molecule has 0 bridgehead atoms. The predicted octanol–water partition coefficient (Wildman–Crippen LogP) is 3.45. The van der Waals surface area contributed by atoms with Crippen molar-refractivity contribution in [3.8, 4) is 0 Å². The van der Waals surface area contributed by atoms with Gasteiger partial charge in [0.05, 0.1) is 5.41 Å². The van der Waals surface area contributed by atoms with Crippen LogP contribution < -0.4 is 5.73 Å². The summed E-state index contributed by atoms with van der Waals surface area (Å²) < 4.78 is 5.70. The fraction of sp³-hybridized carbons (Fsp3) is 0.391. The molecule has 0 heterocycles. The first-order valence-electron chi connectivity index (χ1n) is 9.45. The van der Waals surface area contributed by atoms with Crippen LogP contribution in [0.1, 0.15) is 50.0 Å². The third-order valence-electron chi connectivity index (χ3n) is 4.82. The summed E-state index contributed by atoms with van der Waals surface area (Å²) in [5, 5.41) is 11.5. The predicted molar refractivity (Wildman–Crippen MR) is 109 cm³/mol. The van der Waals surface area contributed by atoms with Gasteiger partial charge in [0.1, 0.15) is 11.6 Å². The van der Waals surface area contributed by atoms with Gasteiger partial charge in [-0.3, -0.25) is 9.59 Å². The van der Waals surface area contributed by atoms with Gasteiger partial charge in [0.15, 0.2) is 11.9 Å². The molecule has 2 aromatic carbocycles. The Hall–Kier alpha value is -2.50. The molecular weight excluding hydrogens is 354 g/mol. The molecule has 5 nitrogen and oxygen atoms in total. The highest BCUT2D eigenvalue weighted by Gasteiger charge is 2.47. The van der Waals surface area contributed by atoms with Crippen LogP contribution in [-0.4, -0.2) is 29.0 Å². The molecule has 3 unspecified atom stereocenters. The number of carbonyl (C=O) groups is 2. The highest BCUT2D eigenvalue weighted by atomic mass is 16.6. The van der Waals surface area contributed by atoms with E-state index in [-0.39, 0.29) is 6.42 Å². The first-order chi connectivity index (χ1) is 13.1. The summed E-state index contributed by atoms with van der Waals surface area (Å²) in [6.45, 7) is 6.91. The summed E-state index contributed by atoms with van der Waals surface area (Å²) in [4.78, 5) is 25.6. The van der Waals surface area contributed by atoms with E-state index in [4.69, 9.17) is 10.5 Å². The second-order valence-corrected chi connectivity index (χ2v) is 7.98. The largest absolute Gasteiger partial charge is 0.456 e. The summed E-state index contributed by atoms with van der Waals surface area (Å²) in [7, 11) is 0. The molecule has 2 aromatic rings. The van der Waals surface area contributed by atoms with Gasteiger partial charge < -0.3 is 15.6 Å². The minimum atomic E-state index is -1.61. The summed E-state index contributed by atoms with van der Waals surface area (Å²) in [6.07, 6.45) is -1.02. The maximum absolute atomic E-state index is 13.0. The van der Waals surface area contributed by atoms with Crippen molar-refractivity contribution >= 4 is 11.8 Å². The van der Waals surface area contributed by atoms with Crippen molar-refractivity contribution in [3.05, 3.63) is 71.8 Å². The first-order valence-corrected chi connectivity index (χ1v) is 9.45. The minimum absolute atomic E-state index is 0.217. The third kappa shape index (κ3) is 4.66. The SMILES string of the molecule is CCC(O)(c1ccccc1)C(OC(=O)C(C)(C)C)C(N)C(=O)c1ccccc1. The van der Waals surface area contributed by atoms with E-state index in [9.17, 15) is 14.7 Å². The molecule has 3 atom stereocenters. The van der Waals surface area contributed by atoms with Crippen LogP contribution in [0.2, 0.25) is 0 Å². The Labute approximate surface area is 166 Å². The van der Waals surface area contributed by atoms with Crippen LogP contribution in [0.5, 0.6) is 0 Å². The van der Waals surface area contributed by atoms with Crippen molar-refractivity contribution in [2.75, 3.05) is 0 Å². The molecule has 28 heavy (non-hydrogen) atoms. The smallest absolute Gasteiger partial charge is 0.311 e. The molecule has 0 aliphatic carbocycles. The van der Waals surface area contributed by atoms with Crippen LogP contribution in [-0.2, 0) is 15.1 Å². The first kappa shape index (κ1) is 21.8. The minimum Gasteiger partial charge on any atom is -0.456 e. The van der Waals surface area contributed by atoms with Crippen LogP contribution in [0.25, 0.3) is 0 Å². The van der Waals surface area contributed by atoms with E-state index in [0.29, 0.717) is 11.1 Å². The molecule has 0 spiro atoms. The molecule has 0 radical (unpaired) electrons. The number of carbonyl (C=O) groups excluding carboxylic acids is 2. The van der Waals surface area contributed by atoms with Crippen molar-refractivity contribution in [2.45, 2.75) is 51.9 Å². The van der Waals surface area contributed by atoms with Crippen LogP contribution in [0.3, 0.4) is 0 Å². The topological polar surface area (TPSA) is 89.6 Å². The molecule has 5 heteroatoms. The van der Waals surface area contributed by atoms with Crippen molar-refractivity contribution in [1.29, 1.82) is 0 Å². The summed E-state index contributed by atoms with van der Waals surface area (Å²) in [5.74, 6) is -0.924. The molecule has 0 aliphatic heterocycles. The Balaban J connectivity index is 2.49. The van der Waals surface area contributed by atoms with Gasteiger partial charge >= 0.3 is 5.97 Å². The van der Waals surface area contributed by atoms with Gasteiger partial charge in [-0.25, -0.2) is 0 Å². The van der Waals surface area contributed by atoms with Crippen molar-refractivity contribution in [2.24, 2.45) is 11.1 Å².